The Bertz CT molecular complexity index is 632. The maximum absolute atomic E-state index is 12.4. The van der Waals surface area contributed by atoms with Gasteiger partial charge >= 0.3 is 0 Å². The van der Waals surface area contributed by atoms with Crippen molar-refractivity contribution in [3.63, 3.8) is 0 Å². The van der Waals surface area contributed by atoms with E-state index in [2.05, 4.69) is 10.6 Å². The summed E-state index contributed by atoms with van der Waals surface area (Å²) in [5.74, 6) is -0.0595. The van der Waals surface area contributed by atoms with E-state index in [-0.39, 0.29) is 36.2 Å². The number of carbonyl (C=O) groups excluding carboxylic acids is 3. The standard InChI is InChI=1S/C19H29N3O3S/c1-4-14(5-2)19(25)22-10-8-15(9-11-22)21-17(23)12-20-18(24)16-7-6-13(3)26-16/h6-7,14-15H,4-5,8-12H2,1-3H3,(H,20,24)(H,21,23). The number of hydrogen-bond donors (Lipinski definition) is 2. The molecule has 1 saturated heterocycles. The van der Waals surface area contributed by atoms with E-state index < -0.39 is 0 Å². The van der Waals surface area contributed by atoms with E-state index in [1.165, 1.54) is 11.3 Å². The van der Waals surface area contributed by atoms with Crippen molar-refractivity contribution in [1.82, 2.24) is 15.5 Å². The maximum atomic E-state index is 12.4. The molecule has 26 heavy (non-hydrogen) atoms. The summed E-state index contributed by atoms with van der Waals surface area (Å²) < 4.78 is 0. The second-order valence-electron chi connectivity index (χ2n) is 6.77. The Morgan fingerprint density at radius 1 is 1.19 bits per heavy atom. The van der Waals surface area contributed by atoms with Gasteiger partial charge in [-0.15, -0.1) is 11.3 Å². The molecular weight excluding hydrogens is 350 g/mol. The number of piperidine rings is 1. The van der Waals surface area contributed by atoms with E-state index in [0.717, 1.165) is 30.6 Å². The lowest BCUT2D eigenvalue weighted by atomic mass is 9.98. The first-order valence-corrected chi connectivity index (χ1v) is 10.2. The fourth-order valence-corrected chi connectivity index (χ4v) is 4.01. The summed E-state index contributed by atoms with van der Waals surface area (Å²) in [6.45, 7) is 7.37. The van der Waals surface area contributed by atoms with Crippen molar-refractivity contribution in [2.75, 3.05) is 19.6 Å². The van der Waals surface area contributed by atoms with Crippen LogP contribution in [0.2, 0.25) is 0 Å². The predicted octanol–water partition coefficient (Wildman–Crippen LogP) is 2.33. The van der Waals surface area contributed by atoms with Gasteiger partial charge < -0.3 is 15.5 Å². The zero-order valence-corrected chi connectivity index (χ0v) is 16.7. The number of nitrogens with one attached hydrogen (secondary N) is 2. The molecule has 0 atom stereocenters. The molecule has 2 heterocycles. The van der Waals surface area contributed by atoms with Crippen LogP contribution in [0.3, 0.4) is 0 Å². The molecule has 1 fully saturated rings. The normalized spacial score (nSPS) is 15.2. The first-order chi connectivity index (χ1) is 12.4. The fourth-order valence-electron chi connectivity index (χ4n) is 3.22. The molecule has 2 rings (SSSR count). The number of likely N-dealkylation sites (tertiary alicyclic amines) is 1. The van der Waals surface area contributed by atoms with Crippen LogP contribution in [-0.2, 0) is 9.59 Å². The molecule has 2 N–H and O–H groups in total. The van der Waals surface area contributed by atoms with Crippen molar-refractivity contribution in [3.8, 4) is 0 Å². The zero-order valence-electron chi connectivity index (χ0n) is 15.8. The number of carbonyl (C=O) groups is 3. The van der Waals surface area contributed by atoms with Crippen molar-refractivity contribution < 1.29 is 14.4 Å². The van der Waals surface area contributed by atoms with Gasteiger partial charge in [-0.05, 0) is 44.7 Å². The Balaban J connectivity index is 1.71. The monoisotopic (exact) mass is 379 g/mol. The highest BCUT2D eigenvalue weighted by atomic mass is 32.1. The summed E-state index contributed by atoms with van der Waals surface area (Å²) in [5, 5.41) is 5.61. The van der Waals surface area contributed by atoms with E-state index in [1.54, 1.807) is 6.07 Å². The molecule has 6 nitrogen and oxygen atoms in total. The van der Waals surface area contributed by atoms with Crippen molar-refractivity contribution in [2.45, 2.75) is 52.5 Å². The largest absolute Gasteiger partial charge is 0.352 e. The molecule has 1 aromatic heterocycles. The predicted molar refractivity (Wildman–Crippen MR) is 103 cm³/mol. The minimum atomic E-state index is -0.219. The highest BCUT2D eigenvalue weighted by Crippen LogP contribution is 2.17. The summed E-state index contributed by atoms with van der Waals surface area (Å²) in [6, 6.07) is 3.71. The smallest absolute Gasteiger partial charge is 0.261 e. The van der Waals surface area contributed by atoms with Gasteiger partial charge in [0.15, 0.2) is 0 Å². The fraction of sp³-hybridized carbons (Fsp3) is 0.632. The van der Waals surface area contributed by atoms with E-state index in [1.807, 2.05) is 31.7 Å². The van der Waals surface area contributed by atoms with Gasteiger partial charge in [-0.25, -0.2) is 0 Å². The Labute approximate surface area is 159 Å². The van der Waals surface area contributed by atoms with Crippen LogP contribution >= 0.6 is 11.3 Å². The Morgan fingerprint density at radius 2 is 1.85 bits per heavy atom. The Morgan fingerprint density at radius 3 is 2.38 bits per heavy atom. The third kappa shape index (κ3) is 5.56. The average Bonchev–Trinajstić information content (AvgIpc) is 3.08. The van der Waals surface area contributed by atoms with Crippen LogP contribution in [0, 0.1) is 12.8 Å². The minimum absolute atomic E-state index is 0.0251. The Kier molecular flexibility index (Phi) is 7.63. The summed E-state index contributed by atoms with van der Waals surface area (Å²) in [5.41, 5.74) is 0. The van der Waals surface area contributed by atoms with Gasteiger partial charge in [-0.3, -0.25) is 14.4 Å². The number of amides is 3. The molecule has 0 unspecified atom stereocenters. The van der Waals surface area contributed by atoms with E-state index >= 15 is 0 Å². The third-order valence-electron chi connectivity index (χ3n) is 4.88. The molecule has 0 aliphatic carbocycles. The van der Waals surface area contributed by atoms with Crippen LogP contribution in [0.25, 0.3) is 0 Å². The Hall–Kier alpha value is -1.89. The van der Waals surface area contributed by atoms with Crippen LogP contribution < -0.4 is 10.6 Å². The highest BCUT2D eigenvalue weighted by molar-refractivity contribution is 7.13. The number of hydrogen-bond acceptors (Lipinski definition) is 4. The lowest BCUT2D eigenvalue weighted by Crippen LogP contribution is -2.49. The maximum Gasteiger partial charge on any atom is 0.261 e. The van der Waals surface area contributed by atoms with E-state index in [4.69, 9.17) is 0 Å². The van der Waals surface area contributed by atoms with Gasteiger partial charge in [0, 0.05) is 29.9 Å². The molecule has 0 saturated carbocycles. The quantitative estimate of drug-likeness (QED) is 0.763. The third-order valence-corrected chi connectivity index (χ3v) is 5.88. The van der Waals surface area contributed by atoms with Gasteiger partial charge in [0.25, 0.3) is 5.91 Å². The zero-order chi connectivity index (χ0) is 19.1. The van der Waals surface area contributed by atoms with Gasteiger partial charge in [0.1, 0.15) is 0 Å². The number of rotatable bonds is 7. The molecule has 0 spiro atoms. The second kappa shape index (κ2) is 9.71. The average molecular weight is 380 g/mol. The van der Waals surface area contributed by atoms with Crippen LogP contribution in [0.5, 0.6) is 0 Å². The van der Waals surface area contributed by atoms with Crippen LogP contribution in [0.4, 0.5) is 0 Å². The van der Waals surface area contributed by atoms with Crippen molar-refractivity contribution in [3.05, 3.63) is 21.9 Å². The first-order valence-electron chi connectivity index (χ1n) is 9.37. The molecule has 1 aromatic rings. The van der Waals surface area contributed by atoms with E-state index in [0.29, 0.717) is 18.0 Å². The molecule has 0 bridgehead atoms. The lowest BCUT2D eigenvalue weighted by Gasteiger charge is -2.34. The lowest BCUT2D eigenvalue weighted by molar-refractivity contribution is -0.137. The molecule has 1 aliphatic rings. The van der Waals surface area contributed by atoms with Gasteiger partial charge in [-0.2, -0.15) is 0 Å². The van der Waals surface area contributed by atoms with Crippen molar-refractivity contribution >= 4 is 29.1 Å². The summed E-state index contributed by atoms with van der Waals surface area (Å²) in [7, 11) is 0. The summed E-state index contributed by atoms with van der Waals surface area (Å²) in [4.78, 5) is 40.0. The topological polar surface area (TPSA) is 78.5 Å². The SMILES string of the molecule is CCC(CC)C(=O)N1CCC(NC(=O)CNC(=O)c2ccc(C)s2)CC1. The molecule has 1 aliphatic heterocycles. The highest BCUT2D eigenvalue weighted by Gasteiger charge is 2.27. The van der Waals surface area contributed by atoms with Crippen molar-refractivity contribution in [2.24, 2.45) is 5.92 Å². The molecule has 144 valence electrons. The molecule has 7 heteroatoms. The van der Waals surface area contributed by atoms with Crippen LogP contribution in [-0.4, -0.2) is 48.3 Å². The first kappa shape index (κ1) is 20.4. The van der Waals surface area contributed by atoms with Crippen LogP contribution in [0.15, 0.2) is 12.1 Å². The van der Waals surface area contributed by atoms with Gasteiger partial charge in [0.05, 0.1) is 11.4 Å². The number of aryl methyl sites for hydroxylation is 1. The number of nitrogens with zero attached hydrogens (tertiary/aromatic N) is 1. The van der Waals surface area contributed by atoms with Gasteiger partial charge in [-0.1, -0.05) is 13.8 Å². The van der Waals surface area contributed by atoms with Crippen LogP contribution in [0.1, 0.15) is 54.1 Å². The second-order valence-corrected chi connectivity index (χ2v) is 8.06. The summed E-state index contributed by atoms with van der Waals surface area (Å²) >= 11 is 1.41. The summed E-state index contributed by atoms with van der Waals surface area (Å²) in [6.07, 6.45) is 3.26. The molecular formula is C19H29N3O3S. The van der Waals surface area contributed by atoms with E-state index in [9.17, 15) is 14.4 Å². The molecule has 0 radical (unpaired) electrons. The minimum Gasteiger partial charge on any atom is -0.352 e. The van der Waals surface area contributed by atoms with Gasteiger partial charge in [0.2, 0.25) is 11.8 Å². The van der Waals surface area contributed by atoms with Crippen molar-refractivity contribution in [1.29, 1.82) is 0 Å². The molecule has 3 amide bonds. The molecule has 0 aromatic carbocycles. The number of thiophene rings is 1.